The van der Waals surface area contributed by atoms with Gasteiger partial charge >= 0.3 is 5.97 Å². The fraction of sp³-hybridized carbons (Fsp3) is 0.500. The van der Waals surface area contributed by atoms with E-state index in [0.717, 1.165) is 24.0 Å². The lowest BCUT2D eigenvalue weighted by Gasteiger charge is -2.28. The zero-order chi connectivity index (χ0) is 12.7. The van der Waals surface area contributed by atoms with Crippen LogP contribution in [0.3, 0.4) is 0 Å². The molecule has 1 aliphatic carbocycles. The van der Waals surface area contributed by atoms with E-state index in [1.807, 2.05) is 38.1 Å². The van der Waals surface area contributed by atoms with E-state index in [2.05, 4.69) is 0 Å². The lowest BCUT2D eigenvalue weighted by Crippen LogP contribution is -2.25. The van der Waals surface area contributed by atoms with Crippen LogP contribution in [0, 0.1) is 0 Å². The molecule has 3 nitrogen and oxygen atoms in total. The van der Waals surface area contributed by atoms with Crippen molar-refractivity contribution in [2.45, 2.75) is 44.1 Å². The quantitative estimate of drug-likeness (QED) is 0.841. The SMILES string of the molecule is CC(C)(CC(=O)O)c1ccccc1C1(O)CC1. The molecule has 0 atom stereocenters. The van der Waals surface area contributed by atoms with Gasteiger partial charge in [0.1, 0.15) is 0 Å². The summed E-state index contributed by atoms with van der Waals surface area (Å²) in [6.07, 6.45) is 1.61. The van der Waals surface area contributed by atoms with Crippen molar-refractivity contribution < 1.29 is 15.0 Å². The van der Waals surface area contributed by atoms with Gasteiger partial charge in [0, 0.05) is 5.41 Å². The van der Waals surface area contributed by atoms with Gasteiger partial charge in [0.15, 0.2) is 0 Å². The van der Waals surface area contributed by atoms with Crippen LogP contribution in [0.25, 0.3) is 0 Å². The van der Waals surface area contributed by atoms with Crippen LogP contribution in [0.4, 0.5) is 0 Å². The van der Waals surface area contributed by atoms with Crippen molar-refractivity contribution in [3.63, 3.8) is 0 Å². The molecule has 1 saturated carbocycles. The highest BCUT2D eigenvalue weighted by Gasteiger charge is 2.45. The molecule has 0 saturated heterocycles. The zero-order valence-electron chi connectivity index (χ0n) is 10.2. The van der Waals surface area contributed by atoms with Crippen LogP contribution < -0.4 is 0 Å². The Bertz CT molecular complexity index is 445. The van der Waals surface area contributed by atoms with Gasteiger partial charge in [-0.15, -0.1) is 0 Å². The molecule has 1 aromatic rings. The fourth-order valence-electron chi connectivity index (χ4n) is 2.34. The van der Waals surface area contributed by atoms with Crippen molar-refractivity contribution >= 4 is 5.97 Å². The Morgan fingerprint density at radius 2 is 1.94 bits per heavy atom. The van der Waals surface area contributed by atoms with Crippen LogP contribution in [-0.2, 0) is 15.8 Å². The van der Waals surface area contributed by atoms with Crippen molar-refractivity contribution in [3.05, 3.63) is 35.4 Å². The second kappa shape index (κ2) is 3.84. The molecule has 0 radical (unpaired) electrons. The van der Waals surface area contributed by atoms with E-state index in [1.165, 1.54) is 0 Å². The average molecular weight is 234 g/mol. The lowest BCUT2D eigenvalue weighted by molar-refractivity contribution is -0.138. The molecular weight excluding hydrogens is 216 g/mol. The molecule has 1 fully saturated rings. The van der Waals surface area contributed by atoms with E-state index in [0.29, 0.717) is 0 Å². The Hall–Kier alpha value is -1.35. The lowest BCUT2D eigenvalue weighted by atomic mass is 9.77. The first-order valence-electron chi connectivity index (χ1n) is 5.89. The number of benzene rings is 1. The van der Waals surface area contributed by atoms with E-state index in [-0.39, 0.29) is 6.42 Å². The maximum absolute atomic E-state index is 10.9. The molecule has 3 heteroatoms. The van der Waals surface area contributed by atoms with Gasteiger partial charge in [-0.2, -0.15) is 0 Å². The minimum Gasteiger partial charge on any atom is -0.481 e. The van der Waals surface area contributed by atoms with E-state index in [4.69, 9.17) is 5.11 Å². The van der Waals surface area contributed by atoms with Crippen LogP contribution >= 0.6 is 0 Å². The normalized spacial score (nSPS) is 17.8. The van der Waals surface area contributed by atoms with Crippen LogP contribution in [0.5, 0.6) is 0 Å². The summed E-state index contributed by atoms with van der Waals surface area (Å²) in [4.78, 5) is 10.9. The highest BCUT2D eigenvalue weighted by atomic mass is 16.4. The van der Waals surface area contributed by atoms with Gasteiger partial charge in [0.05, 0.1) is 12.0 Å². The average Bonchev–Trinajstić information content (AvgIpc) is 2.96. The Morgan fingerprint density at radius 1 is 1.35 bits per heavy atom. The minimum atomic E-state index is -0.812. The van der Waals surface area contributed by atoms with Gasteiger partial charge < -0.3 is 10.2 Å². The predicted octanol–water partition coefficient (Wildman–Crippen LogP) is 2.42. The Balaban J connectivity index is 2.41. The number of carbonyl (C=O) groups is 1. The van der Waals surface area contributed by atoms with Gasteiger partial charge in [-0.1, -0.05) is 38.1 Å². The number of hydrogen-bond donors (Lipinski definition) is 2. The third-order valence-corrected chi connectivity index (χ3v) is 3.47. The fourth-order valence-corrected chi connectivity index (χ4v) is 2.34. The van der Waals surface area contributed by atoms with E-state index < -0.39 is 17.0 Å². The Morgan fingerprint density at radius 3 is 2.47 bits per heavy atom. The molecular formula is C14H18O3. The molecule has 92 valence electrons. The summed E-state index contributed by atoms with van der Waals surface area (Å²) >= 11 is 0. The highest BCUT2D eigenvalue weighted by molar-refractivity contribution is 5.69. The largest absolute Gasteiger partial charge is 0.481 e. The summed E-state index contributed by atoms with van der Waals surface area (Å²) in [6, 6.07) is 7.63. The first kappa shape index (κ1) is 12.1. The van der Waals surface area contributed by atoms with Crippen molar-refractivity contribution in [2.75, 3.05) is 0 Å². The predicted molar refractivity (Wildman–Crippen MR) is 64.9 cm³/mol. The standard InChI is InChI=1S/C14H18O3/c1-13(2,9-12(15)16)10-5-3-4-6-11(10)14(17)7-8-14/h3-6,17H,7-9H2,1-2H3,(H,15,16). The number of hydrogen-bond acceptors (Lipinski definition) is 2. The molecule has 2 N–H and O–H groups in total. The topological polar surface area (TPSA) is 57.5 Å². The van der Waals surface area contributed by atoms with E-state index >= 15 is 0 Å². The maximum Gasteiger partial charge on any atom is 0.304 e. The number of rotatable bonds is 4. The molecule has 0 bridgehead atoms. The summed E-state index contributed by atoms with van der Waals surface area (Å²) in [5.74, 6) is -0.812. The van der Waals surface area contributed by atoms with E-state index in [1.54, 1.807) is 0 Å². The number of carboxylic acid groups (broad SMARTS) is 1. The van der Waals surface area contributed by atoms with Gasteiger partial charge in [0.2, 0.25) is 0 Å². The molecule has 0 aromatic heterocycles. The molecule has 17 heavy (non-hydrogen) atoms. The number of aliphatic hydroxyl groups is 1. The summed E-state index contributed by atoms with van der Waals surface area (Å²) in [5.41, 5.74) is 0.668. The number of aliphatic carboxylic acids is 1. The van der Waals surface area contributed by atoms with Crippen molar-refractivity contribution in [3.8, 4) is 0 Å². The van der Waals surface area contributed by atoms with Crippen molar-refractivity contribution in [2.24, 2.45) is 0 Å². The molecule has 0 heterocycles. The summed E-state index contributed by atoms with van der Waals surface area (Å²) in [6.45, 7) is 3.82. The van der Waals surface area contributed by atoms with Crippen molar-refractivity contribution in [1.82, 2.24) is 0 Å². The second-order valence-corrected chi connectivity index (χ2v) is 5.53. The second-order valence-electron chi connectivity index (χ2n) is 5.53. The third-order valence-electron chi connectivity index (χ3n) is 3.47. The Kier molecular flexibility index (Phi) is 2.74. The van der Waals surface area contributed by atoms with Crippen LogP contribution in [0.1, 0.15) is 44.2 Å². The minimum absolute atomic E-state index is 0.0695. The molecule has 0 aliphatic heterocycles. The monoisotopic (exact) mass is 234 g/mol. The van der Waals surface area contributed by atoms with Gasteiger partial charge in [0.25, 0.3) is 0 Å². The summed E-state index contributed by atoms with van der Waals surface area (Å²) < 4.78 is 0. The first-order chi connectivity index (χ1) is 7.85. The summed E-state index contributed by atoms with van der Waals surface area (Å²) in [7, 11) is 0. The van der Waals surface area contributed by atoms with Gasteiger partial charge in [-0.3, -0.25) is 4.79 Å². The Labute approximate surface area is 101 Å². The third kappa shape index (κ3) is 2.34. The highest BCUT2D eigenvalue weighted by Crippen LogP contribution is 2.48. The molecule has 2 rings (SSSR count). The van der Waals surface area contributed by atoms with Crippen LogP contribution in [0.15, 0.2) is 24.3 Å². The molecule has 1 aliphatic rings. The maximum atomic E-state index is 10.9. The molecule has 1 aromatic carbocycles. The van der Waals surface area contributed by atoms with Gasteiger partial charge in [-0.05, 0) is 24.0 Å². The zero-order valence-corrected chi connectivity index (χ0v) is 10.2. The van der Waals surface area contributed by atoms with Crippen LogP contribution in [0.2, 0.25) is 0 Å². The van der Waals surface area contributed by atoms with Crippen molar-refractivity contribution in [1.29, 1.82) is 0 Å². The number of carboxylic acids is 1. The molecule has 0 amide bonds. The van der Waals surface area contributed by atoms with Gasteiger partial charge in [-0.25, -0.2) is 0 Å². The molecule has 0 unspecified atom stereocenters. The first-order valence-corrected chi connectivity index (χ1v) is 5.89. The smallest absolute Gasteiger partial charge is 0.304 e. The van der Waals surface area contributed by atoms with Crippen LogP contribution in [-0.4, -0.2) is 16.2 Å². The van der Waals surface area contributed by atoms with E-state index in [9.17, 15) is 9.90 Å². The summed E-state index contributed by atoms with van der Waals surface area (Å²) in [5, 5.41) is 19.2. The molecule has 0 spiro atoms.